The van der Waals surface area contributed by atoms with Gasteiger partial charge in [-0.15, -0.1) is 0 Å². The van der Waals surface area contributed by atoms with E-state index in [2.05, 4.69) is 4.98 Å². The molecule has 15 heavy (non-hydrogen) atoms. The van der Waals surface area contributed by atoms with Crippen LogP contribution in [0.3, 0.4) is 0 Å². The normalized spacial score (nSPS) is 20.6. The molecule has 0 aliphatic carbocycles. The minimum absolute atomic E-state index is 0.147. The van der Waals surface area contributed by atoms with Crippen LogP contribution in [0.1, 0.15) is 16.9 Å². The van der Waals surface area contributed by atoms with Crippen LogP contribution in [0.5, 0.6) is 0 Å². The molecule has 2 heterocycles. The molecule has 0 bridgehead atoms. The standard InChI is InChI=1S/C10H13N3O2/c11-7-1-2-9(12-5-7)10(15)13-4-3-8(14)6-13/h1-2,5,8,14H,3-4,6,11H2. The van der Waals surface area contributed by atoms with Crippen molar-refractivity contribution in [2.24, 2.45) is 0 Å². The second-order valence-electron chi connectivity index (χ2n) is 3.67. The van der Waals surface area contributed by atoms with Gasteiger partial charge >= 0.3 is 0 Å². The van der Waals surface area contributed by atoms with Crippen LogP contribution < -0.4 is 5.73 Å². The van der Waals surface area contributed by atoms with Crippen molar-refractivity contribution in [2.45, 2.75) is 12.5 Å². The molecule has 5 nitrogen and oxygen atoms in total. The average Bonchev–Trinajstić information content (AvgIpc) is 2.65. The maximum atomic E-state index is 11.8. The lowest BCUT2D eigenvalue weighted by Gasteiger charge is -2.14. The fraction of sp³-hybridized carbons (Fsp3) is 0.400. The number of aliphatic hydroxyl groups is 1. The molecule has 1 atom stereocenters. The number of amides is 1. The summed E-state index contributed by atoms with van der Waals surface area (Å²) in [5.74, 6) is -0.147. The van der Waals surface area contributed by atoms with Gasteiger partial charge in [-0.1, -0.05) is 0 Å². The third-order valence-corrected chi connectivity index (χ3v) is 2.46. The van der Waals surface area contributed by atoms with Gasteiger partial charge in [-0.2, -0.15) is 0 Å². The number of likely N-dealkylation sites (tertiary alicyclic amines) is 1. The topological polar surface area (TPSA) is 79.5 Å². The molecule has 1 amide bonds. The van der Waals surface area contributed by atoms with Crippen LogP contribution in [0.4, 0.5) is 5.69 Å². The molecule has 80 valence electrons. The Balaban J connectivity index is 2.11. The van der Waals surface area contributed by atoms with Crippen LogP contribution in [0.15, 0.2) is 18.3 Å². The molecule has 1 unspecified atom stereocenters. The molecule has 1 aromatic rings. The number of aliphatic hydroxyl groups excluding tert-OH is 1. The zero-order valence-electron chi connectivity index (χ0n) is 8.26. The number of carbonyl (C=O) groups excluding carboxylic acids is 1. The van der Waals surface area contributed by atoms with Crippen molar-refractivity contribution in [3.63, 3.8) is 0 Å². The van der Waals surface area contributed by atoms with Crippen LogP contribution in [-0.2, 0) is 0 Å². The van der Waals surface area contributed by atoms with Crippen molar-refractivity contribution in [3.8, 4) is 0 Å². The number of hydrogen-bond donors (Lipinski definition) is 2. The van der Waals surface area contributed by atoms with Gasteiger partial charge in [0.1, 0.15) is 5.69 Å². The third kappa shape index (κ3) is 2.07. The fourth-order valence-electron chi connectivity index (χ4n) is 1.62. The van der Waals surface area contributed by atoms with Gasteiger partial charge in [-0.25, -0.2) is 4.98 Å². The molecule has 0 saturated carbocycles. The summed E-state index contributed by atoms with van der Waals surface area (Å²) in [5.41, 5.74) is 6.38. The molecule has 1 aliphatic rings. The number of carbonyl (C=O) groups is 1. The zero-order chi connectivity index (χ0) is 10.8. The molecule has 1 aliphatic heterocycles. The number of β-amino-alcohol motifs (C(OH)–C–C–N with tert-alkyl or cyclic N) is 1. The lowest BCUT2D eigenvalue weighted by molar-refractivity contribution is 0.0759. The Bertz CT molecular complexity index is 363. The molecule has 2 rings (SSSR count). The van der Waals surface area contributed by atoms with Crippen molar-refractivity contribution in [1.29, 1.82) is 0 Å². The van der Waals surface area contributed by atoms with Crippen molar-refractivity contribution >= 4 is 11.6 Å². The van der Waals surface area contributed by atoms with Gasteiger partial charge in [0.05, 0.1) is 18.0 Å². The van der Waals surface area contributed by atoms with Crippen LogP contribution in [0.25, 0.3) is 0 Å². The maximum absolute atomic E-state index is 11.8. The Kier molecular flexibility index (Phi) is 2.55. The third-order valence-electron chi connectivity index (χ3n) is 2.46. The summed E-state index contributed by atoms with van der Waals surface area (Å²) in [6.45, 7) is 0.983. The van der Waals surface area contributed by atoms with Gasteiger partial charge in [0.15, 0.2) is 0 Å². The number of nitrogens with zero attached hydrogens (tertiary/aromatic N) is 2. The van der Waals surface area contributed by atoms with E-state index in [1.165, 1.54) is 6.20 Å². The summed E-state index contributed by atoms with van der Waals surface area (Å²) in [6.07, 6.45) is 1.70. The van der Waals surface area contributed by atoms with Gasteiger partial charge < -0.3 is 15.7 Å². The lowest BCUT2D eigenvalue weighted by Crippen LogP contribution is -2.30. The first-order valence-corrected chi connectivity index (χ1v) is 4.85. The lowest BCUT2D eigenvalue weighted by atomic mass is 10.3. The summed E-state index contributed by atoms with van der Waals surface area (Å²) >= 11 is 0. The van der Waals surface area contributed by atoms with Crippen molar-refractivity contribution in [3.05, 3.63) is 24.0 Å². The molecule has 5 heteroatoms. The quantitative estimate of drug-likeness (QED) is 0.672. The minimum atomic E-state index is -0.400. The van der Waals surface area contributed by atoms with E-state index in [1.54, 1.807) is 17.0 Å². The predicted octanol–water partition coefficient (Wildman–Crippen LogP) is -0.129. The molecule has 0 radical (unpaired) electrons. The van der Waals surface area contributed by atoms with E-state index in [0.717, 1.165) is 0 Å². The monoisotopic (exact) mass is 207 g/mol. The smallest absolute Gasteiger partial charge is 0.272 e. The Labute approximate surface area is 87.5 Å². The van der Waals surface area contributed by atoms with Crippen LogP contribution in [0.2, 0.25) is 0 Å². The molecule has 0 aromatic carbocycles. The number of nitrogens with two attached hydrogens (primary N) is 1. The molecule has 0 spiro atoms. The molecular formula is C10H13N3O2. The number of rotatable bonds is 1. The molecular weight excluding hydrogens is 194 g/mol. The Morgan fingerprint density at radius 3 is 2.93 bits per heavy atom. The molecule has 1 fully saturated rings. The zero-order valence-corrected chi connectivity index (χ0v) is 8.26. The summed E-state index contributed by atoms with van der Waals surface area (Å²) in [5, 5.41) is 9.31. The van der Waals surface area contributed by atoms with Gasteiger partial charge in [0.25, 0.3) is 5.91 Å². The second-order valence-corrected chi connectivity index (χ2v) is 3.67. The fourth-order valence-corrected chi connectivity index (χ4v) is 1.62. The van der Waals surface area contributed by atoms with Gasteiger partial charge in [0.2, 0.25) is 0 Å². The van der Waals surface area contributed by atoms with E-state index in [4.69, 9.17) is 5.73 Å². The molecule has 1 aromatic heterocycles. The number of aromatic nitrogens is 1. The molecule has 3 N–H and O–H groups in total. The highest BCUT2D eigenvalue weighted by Crippen LogP contribution is 2.12. The van der Waals surface area contributed by atoms with E-state index >= 15 is 0 Å². The largest absolute Gasteiger partial charge is 0.397 e. The van der Waals surface area contributed by atoms with E-state index in [9.17, 15) is 9.90 Å². The highest BCUT2D eigenvalue weighted by atomic mass is 16.3. The summed E-state index contributed by atoms with van der Waals surface area (Å²) in [6, 6.07) is 3.25. The number of anilines is 1. The Hall–Kier alpha value is -1.62. The van der Waals surface area contributed by atoms with Crippen molar-refractivity contribution in [1.82, 2.24) is 9.88 Å². The summed E-state index contributed by atoms with van der Waals surface area (Å²) in [7, 11) is 0. The SMILES string of the molecule is Nc1ccc(C(=O)N2CCC(O)C2)nc1. The highest BCUT2D eigenvalue weighted by Gasteiger charge is 2.25. The second kappa shape index (κ2) is 3.86. The van der Waals surface area contributed by atoms with Crippen LogP contribution >= 0.6 is 0 Å². The maximum Gasteiger partial charge on any atom is 0.272 e. The minimum Gasteiger partial charge on any atom is -0.397 e. The van der Waals surface area contributed by atoms with Crippen LogP contribution in [0, 0.1) is 0 Å². The Morgan fingerprint density at radius 2 is 2.40 bits per heavy atom. The average molecular weight is 207 g/mol. The van der Waals surface area contributed by atoms with Gasteiger partial charge in [0, 0.05) is 13.1 Å². The van der Waals surface area contributed by atoms with E-state index in [0.29, 0.717) is 30.9 Å². The van der Waals surface area contributed by atoms with E-state index in [-0.39, 0.29) is 5.91 Å². The first kappa shape index (κ1) is 9.92. The van der Waals surface area contributed by atoms with Gasteiger partial charge in [-0.3, -0.25) is 4.79 Å². The van der Waals surface area contributed by atoms with Gasteiger partial charge in [-0.05, 0) is 18.6 Å². The first-order chi connectivity index (χ1) is 7.16. The first-order valence-electron chi connectivity index (χ1n) is 4.85. The van der Waals surface area contributed by atoms with E-state index < -0.39 is 6.10 Å². The predicted molar refractivity (Wildman–Crippen MR) is 55.2 cm³/mol. The van der Waals surface area contributed by atoms with Crippen molar-refractivity contribution in [2.75, 3.05) is 18.8 Å². The highest BCUT2D eigenvalue weighted by molar-refractivity contribution is 5.92. The Morgan fingerprint density at radius 1 is 1.60 bits per heavy atom. The van der Waals surface area contributed by atoms with E-state index in [1.807, 2.05) is 0 Å². The molecule has 1 saturated heterocycles. The van der Waals surface area contributed by atoms with Crippen molar-refractivity contribution < 1.29 is 9.90 Å². The number of hydrogen-bond acceptors (Lipinski definition) is 4. The summed E-state index contributed by atoms with van der Waals surface area (Å²) in [4.78, 5) is 17.4. The van der Waals surface area contributed by atoms with Crippen LogP contribution in [-0.4, -0.2) is 40.1 Å². The summed E-state index contributed by atoms with van der Waals surface area (Å²) < 4.78 is 0. The number of nitrogen functional groups attached to an aromatic ring is 1. The number of pyridine rings is 1.